The number of nitrogens with one attached hydrogen (secondary N) is 1. The average molecular weight is 416 g/mol. The number of anilines is 1. The Morgan fingerprint density at radius 3 is 2.55 bits per heavy atom. The zero-order chi connectivity index (χ0) is 20.5. The van der Waals surface area contributed by atoms with Crippen molar-refractivity contribution in [2.75, 3.05) is 4.90 Å². The van der Waals surface area contributed by atoms with E-state index >= 15 is 0 Å². The first kappa shape index (κ1) is 18.9. The number of fused-ring (bicyclic) bond motifs is 1. The van der Waals surface area contributed by atoms with Gasteiger partial charge in [-0.3, -0.25) is 9.69 Å². The van der Waals surface area contributed by atoms with E-state index in [2.05, 4.69) is 10.4 Å². The summed E-state index contributed by atoms with van der Waals surface area (Å²) in [5.41, 5.74) is 0.204. The molecule has 0 saturated heterocycles. The van der Waals surface area contributed by atoms with Crippen LogP contribution in [0.5, 0.6) is 0 Å². The Kier molecular flexibility index (Phi) is 4.89. The van der Waals surface area contributed by atoms with Gasteiger partial charge in [0, 0.05) is 22.8 Å². The average Bonchev–Trinajstić information content (AvgIpc) is 3.18. The first-order valence-corrected chi connectivity index (χ1v) is 9.08. The molecular formula is C19H15ClFN5O3. The quantitative estimate of drug-likeness (QED) is 0.691. The molecule has 1 aliphatic heterocycles. The van der Waals surface area contributed by atoms with E-state index in [1.165, 1.54) is 11.0 Å². The molecule has 29 heavy (non-hydrogen) atoms. The number of aromatic nitrogens is 3. The Morgan fingerprint density at radius 2 is 1.86 bits per heavy atom. The topological polar surface area (TPSA) is 89.2 Å². The Labute approximate surface area is 169 Å². The summed E-state index contributed by atoms with van der Waals surface area (Å²) in [5.74, 6) is -0.718. The van der Waals surface area contributed by atoms with Crippen molar-refractivity contribution in [2.24, 2.45) is 0 Å². The molecule has 0 spiro atoms. The van der Waals surface area contributed by atoms with Gasteiger partial charge in [-0.25, -0.2) is 18.7 Å². The molecule has 0 fully saturated rings. The Balaban J connectivity index is 1.45. The van der Waals surface area contributed by atoms with Crippen molar-refractivity contribution in [3.63, 3.8) is 0 Å². The van der Waals surface area contributed by atoms with Gasteiger partial charge < -0.3 is 5.32 Å². The van der Waals surface area contributed by atoms with Crippen LogP contribution in [0.4, 0.5) is 14.9 Å². The van der Waals surface area contributed by atoms with Gasteiger partial charge in [0.1, 0.15) is 12.4 Å². The lowest BCUT2D eigenvalue weighted by Crippen LogP contribution is -2.37. The van der Waals surface area contributed by atoms with Gasteiger partial charge in [-0.15, -0.1) is 0 Å². The second kappa shape index (κ2) is 7.51. The van der Waals surface area contributed by atoms with Gasteiger partial charge in [0.05, 0.1) is 6.54 Å². The van der Waals surface area contributed by atoms with E-state index in [-0.39, 0.29) is 25.5 Å². The molecule has 0 aliphatic carbocycles. The maximum Gasteiger partial charge on any atom is 0.354 e. The number of carbonyl (C=O) groups is 2. The van der Waals surface area contributed by atoms with Crippen molar-refractivity contribution in [3.05, 3.63) is 81.2 Å². The lowest BCUT2D eigenvalue weighted by Gasteiger charge is -2.14. The Bertz CT molecular complexity index is 1160. The number of nitrogens with zero attached hydrogens (tertiary/aromatic N) is 4. The predicted molar refractivity (Wildman–Crippen MR) is 103 cm³/mol. The minimum atomic E-state index is -0.706. The summed E-state index contributed by atoms with van der Waals surface area (Å²) in [4.78, 5) is 38.6. The van der Waals surface area contributed by atoms with E-state index in [0.717, 1.165) is 9.25 Å². The molecular weight excluding hydrogens is 401 g/mol. The zero-order valence-electron chi connectivity index (χ0n) is 15.0. The molecule has 1 aliphatic rings. The van der Waals surface area contributed by atoms with Crippen LogP contribution in [-0.2, 0) is 24.4 Å². The van der Waals surface area contributed by atoms with E-state index in [1.807, 2.05) is 0 Å². The van der Waals surface area contributed by atoms with Crippen LogP contribution < -0.4 is 15.9 Å². The van der Waals surface area contributed by atoms with Crippen LogP contribution in [0.1, 0.15) is 11.4 Å². The fourth-order valence-corrected chi connectivity index (χ4v) is 3.16. The summed E-state index contributed by atoms with van der Waals surface area (Å²) in [6.45, 7) is -0.293. The van der Waals surface area contributed by atoms with Gasteiger partial charge in [-0.2, -0.15) is 9.67 Å². The van der Waals surface area contributed by atoms with E-state index < -0.39 is 23.4 Å². The van der Waals surface area contributed by atoms with Crippen molar-refractivity contribution < 1.29 is 14.0 Å². The summed E-state index contributed by atoms with van der Waals surface area (Å²) in [6, 6.07) is 12.1. The highest BCUT2D eigenvalue weighted by Gasteiger charge is 2.33. The largest absolute Gasteiger partial charge is 0.354 e. The Morgan fingerprint density at radius 1 is 1.14 bits per heavy atom. The van der Waals surface area contributed by atoms with Crippen molar-refractivity contribution in [1.29, 1.82) is 0 Å². The maximum atomic E-state index is 13.6. The zero-order valence-corrected chi connectivity index (χ0v) is 15.8. The second-order valence-electron chi connectivity index (χ2n) is 6.41. The first-order chi connectivity index (χ1) is 13.9. The maximum absolute atomic E-state index is 13.6. The number of halogens is 2. The number of benzene rings is 2. The smallest absolute Gasteiger partial charge is 0.350 e. The van der Waals surface area contributed by atoms with E-state index in [9.17, 15) is 18.8 Å². The standard InChI is InChI=1S/C19H15ClFN5O3/c20-13-5-7-14(8-6-13)24-10-16-23-25(19(29)26(16)18(24)28)11-17(27)22-9-12-3-1-2-4-15(12)21/h1-8H,9-11H2,(H,22,27). The minimum Gasteiger partial charge on any atom is -0.350 e. The van der Waals surface area contributed by atoms with Crippen LogP contribution in [0.25, 0.3) is 0 Å². The van der Waals surface area contributed by atoms with Crippen molar-refractivity contribution >= 4 is 29.2 Å². The molecule has 1 aromatic heterocycles. The third kappa shape index (κ3) is 3.64. The SMILES string of the molecule is O=C(Cn1nc2n(c1=O)C(=O)N(c1ccc(Cl)cc1)C2)NCc1ccccc1F. The van der Waals surface area contributed by atoms with Crippen LogP contribution in [0, 0.1) is 5.82 Å². The van der Waals surface area contributed by atoms with Crippen molar-refractivity contribution in [1.82, 2.24) is 19.7 Å². The van der Waals surface area contributed by atoms with Gasteiger partial charge in [-0.1, -0.05) is 29.8 Å². The fourth-order valence-electron chi connectivity index (χ4n) is 3.03. The lowest BCUT2D eigenvalue weighted by atomic mass is 10.2. The van der Waals surface area contributed by atoms with Crippen molar-refractivity contribution in [3.8, 4) is 0 Å². The van der Waals surface area contributed by atoms with Gasteiger partial charge >= 0.3 is 11.7 Å². The molecule has 4 rings (SSSR count). The number of rotatable bonds is 5. The predicted octanol–water partition coefficient (Wildman–Crippen LogP) is 2.14. The van der Waals surface area contributed by atoms with E-state index in [1.54, 1.807) is 42.5 Å². The third-order valence-electron chi connectivity index (χ3n) is 4.49. The van der Waals surface area contributed by atoms with Crippen LogP contribution in [0.3, 0.4) is 0 Å². The normalized spacial score (nSPS) is 12.9. The molecule has 2 aromatic carbocycles. The number of amides is 2. The van der Waals surface area contributed by atoms with Crippen LogP contribution in [-0.4, -0.2) is 26.3 Å². The first-order valence-electron chi connectivity index (χ1n) is 8.70. The number of hydrogen-bond acceptors (Lipinski definition) is 4. The lowest BCUT2D eigenvalue weighted by molar-refractivity contribution is -0.122. The number of carbonyl (C=O) groups excluding carboxylic acids is 2. The molecule has 2 heterocycles. The summed E-state index contributed by atoms with van der Waals surface area (Å²) in [6.07, 6.45) is 0. The van der Waals surface area contributed by atoms with Crippen LogP contribution >= 0.6 is 11.6 Å². The highest BCUT2D eigenvalue weighted by atomic mass is 35.5. The highest BCUT2D eigenvalue weighted by Crippen LogP contribution is 2.23. The highest BCUT2D eigenvalue weighted by molar-refractivity contribution is 6.30. The second-order valence-corrected chi connectivity index (χ2v) is 6.84. The number of hydrogen-bond donors (Lipinski definition) is 1. The van der Waals surface area contributed by atoms with Gasteiger partial charge in [-0.05, 0) is 30.3 Å². The third-order valence-corrected chi connectivity index (χ3v) is 4.75. The molecule has 0 bridgehead atoms. The molecule has 0 atom stereocenters. The van der Waals surface area contributed by atoms with Crippen molar-refractivity contribution in [2.45, 2.75) is 19.6 Å². The molecule has 2 amide bonds. The molecule has 10 heteroatoms. The Hall–Kier alpha value is -3.46. The molecule has 8 nitrogen and oxygen atoms in total. The molecule has 0 radical (unpaired) electrons. The molecule has 0 saturated carbocycles. The van der Waals surface area contributed by atoms with Crippen LogP contribution in [0.2, 0.25) is 5.02 Å². The summed E-state index contributed by atoms with van der Waals surface area (Å²) in [7, 11) is 0. The summed E-state index contributed by atoms with van der Waals surface area (Å²) in [5, 5.41) is 7.16. The van der Waals surface area contributed by atoms with Gasteiger partial charge in [0.25, 0.3) is 0 Å². The molecule has 148 valence electrons. The molecule has 1 N–H and O–H groups in total. The monoisotopic (exact) mass is 415 g/mol. The van der Waals surface area contributed by atoms with E-state index in [4.69, 9.17) is 11.6 Å². The minimum absolute atomic E-state index is 0.0168. The summed E-state index contributed by atoms with van der Waals surface area (Å²) >= 11 is 5.86. The summed E-state index contributed by atoms with van der Waals surface area (Å²) < 4.78 is 15.5. The van der Waals surface area contributed by atoms with Gasteiger partial charge in [0.2, 0.25) is 5.91 Å². The molecule has 0 unspecified atom stereocenters. The fraction of sp³-hybridized carbons (Fsp3) is 0.158. The van der Waals surface area contributed by atoms with Gasteiger partial charge in [0.15, 0.2) is 5.82 Å². The van der Waals surface area contributed by atoms with E-state index in [0.29, 0.717) is 16.3 Å². The molecule has 3 aromatic rings. The van der Waals surface area contributed by atoms with Crippen LogP contribution in [0.15, 0.2) is 53.3 Å².